The summed E-state index contributed by atoms with van der Waals surface area (Å²) in [5.74, 6) is 0.355. The Morgan fingerprint density at radius 3 is 2.73 bits per heavy atom. The number of nitrogens with zero attached hydrogens (tertiary/aromatic N) is 4. The molecule has 2 aromatic carbocycles. The molecule has 0 saturated carbocycles. The molecule has 1 N–H and O–H groups in total. The molecular weight excluding hydrogens is 378 g/mol. The van der Waals surface area contributed by atoms with Gasteiger partial charge in [-0.1, -0.05) is 24.8 Å². The number of likely N-dealkylation sites (tertiary alicyclic amines) is 1. The molecule has 2 amide bonds. The molecule has 2 heterocycles. The zero-order valence-electron chi connectivity index (χ0n) is 16.8. The molecule has 1 aliphatic heterocycles. The van der Waals surface area contributed by atoms with Gasteiger partial charge in [0.05, 0.1) is 5.52 Å². The number of aromatic nitrogens is 2. The third kappa shape index (κ3) is 4.00. The van der Waals surface area contributed by atoms with E-state index in [1.807, 2.05) is 29.2 Å². The number of amides is 2. The molecule has 1 aromatic heterocycles. The fourth-order valence-corrected chi connectivity index (χ4v) is 3.56. The van der Waals surface area contributed by atoms with Crippen molar-refractivity contribution in [3.8, 4) is 0 Å². The van der Waals surface area contributed by atoms with Gasteiger partial charge in [0.1, 0.15) is 0 Å². The molecule has 0 aliphatic carbocycles. The van der Waals surface area contributed by atoms with Crippen LogP contribution in [0.25, 0.3) is 10.9 Å². The Labute approximate surface area is 175 Å². The first-order valence-corrected chi connectivity index (χ1v) is 9.83. The summed E-state index contributed by atoms with van der Waals surface area (Å²) in [7, 11) is 1.67. The number of anilines is 2. The standard InChI is InChI=1S/C23H23N5O2/c1-3-21(29)27(2)19-10-8-16(9-11-19)22(30)28-13-12-18(15-28)25-23-24-14-17-6-4-5-7-20(17)26-23/h3-11,14,18H,1,12-13,15H2,2H3,(H,24,25,26)/t18-/m1/s1. The summed E-state index contributed by atoms with van der Waals surface area (Å²) in [5.41, 5.74) is 2.20. The molecular formula is C23H23N5O2. The molecule has 4 rings (SSSR count). The zero-order valence-corrected chi connectivity index (χ0v) is 16.8. The van der Waals surface area contributed by atoms with Crippen LogP contribution in [0.2, 0.25) is 0 Å². The Morgan fingerprint density at radius 2 is 1.97 bits per heavy atom. The monoisotopic (exact) mass is 401 g/mol. The van der Waals surface area contributed by atoms with E-state index in [0.717, 1.165) is 17.3 Å². The summed E-state index contributed by atoms with van der Waals surface area (Å²) < 4.78 is 0. The second-order valence-electron chi connectivity index (χ2n) is 7.28. The summed E-state index contributed by atoms with van der Waals surface area (Å²) in [4.78, 5) is 36.8. The first kappa shape index (κ1) is 19.6. The van der Waals surface area contributed by atoms with Crippen molar-refractivity contribution in [3.63, 3.8) is 0 Å². The number of benzene rings is 2. The number of hydrogen-bond acceptors (Lipinski definition) is 5. The van der Waals surface area contributed by atoms with Gasteiger partial charge in [0, 0.05) is 49.0 Å². The number of fused-ring (bicyclic) bond motifs is 1. The van der Waals surface area contributed by atoms with Crippen molar-refractivity contribution in [2.24, 2.45) is 0 Å². The Morgan fingerprint density at radius 1 is 1.20 bits per heavy atom. The van der Waals surface area contributed by atoms with Crippen LogP contribution in [0.3, 0.4) is 0 Å². The van der Waals surface area contributed by atoms with Gasteiger partial charge in [-0.25, -0.2) is 9.97 Å². The second-order valence-corrected chi connectivity index (χ2v) is 7.28. The van der Waals surface area contributed by atoms with Gasteiger partial charge in [-0.05, 0) is 42.8 Å². The molecule has 0 unspecified atom stereocenters. The van der Waals surface area contributed by atoms with Crippen molar-refractivity contribution in [2.45, 2.75) is 12.5 Å². The van der Waals surface area contributed by atoms with Crippen LogP contribution in [0.1, 0.15) is 16.8 Å². The summed E-state index contributed by atoms with van der Waals surface area (Å²) in [6.45, 7) is 4.75. The highest BCUT2D eigenvalue weighted by atomic mass is 16.2. The highest BCUT2D eigenvalue weighted by Crippen LogP contribution is 2.20. The first-order chi connectivity index (χ1) is 14.5. The van der Waals surface area contributed by atoms with Gasteiger partial charge in [-0.15, -0.1) is 0 Å². The van der Waals surface area contributed by atoms with Crippen molar-refractivity contribution < 1.29 is 9.59 Å². The fourth-order valence-electron chi connectivity index (χ4n) is 3.56. The Kier molecular flexibility index (Phi) is 5.43. The van der Waals surface area contributed by atoms with Crippen LogP contribution >= 0.6 is 0 Å². The lowest BCUT2D eigenvalue weighted by molar-refractivity contribution is -0.113. The van der Waals surface area contributed by atoms with Crippen LogP contribution in [-0.4, -0.2) is 52.9 Å². The van der Waals surface area contributed by atoms with Crippen molar-refractivity contribution in [1.82, 2.24) is 14.9 Å². The number of carbonyl (C=O) groups excluding carboxylic acids is 2. The summed E-state index contributed by atoms with van der Waals surface area (Å²) in [6, 6.07) is 15.0. The van der Waals surface area contributed by atoms with Crippen LogP contribution < -0.4 is 10.2 Å². The van der Waals surface area contributed by atoms with Gasteiger partial charge in [0.25, 0.3) is 5.91 Å². The van der Waals surface area contributed by atoms with E-state index in [9.17, 15) is 9.59 Å². The predicted octanol–water partition coefficient (Wildman–Crippen LogP) is 3.11. The highest BCUT2D eigenvalue weighted by Gasteiger charge is 2.27. The SMILES string of the molecule is C=CC(=O)N(C)c1ccc(C(=O)N2CC[C@@H](Nc3ncc4ccccc4n3)C2)cc1. The lowest BCUT2D eigenvalue weighted by atomic mass is 10.1. The molecule has 7 nitrogen and oxygen atoms in total. The van der Waals surface area contributed by atoms with Gasteiger partial charge in [-0.3, -0.25) is 9.59 Å². The van der Waals surface area contributed by atoms with E-state index in [0.29, 0.717) is 30.3 Å². The van der Waals surface area contributed by atoms with E-state index in [4.69, 9.17) is 0 Å². The lowest BCUT2D eigenvalue weighted by Gasteiger charge is -2.19. The number of rotatable bonds is 5. The normalized spacial score (nSPS) is 15.8. The van der Waals surface area contributed by atoms with E-state index in [-0.39, 0.29) is 17.9 Å². The summed E-state index contributed by atoms with van der Waals surface area (Å²) in [6.07, 6.45) is 3.89. The van der Waals surface area contributed by atoms with Gasteiger partial charge < -0.3 is 15.1 Å². The third-order valence-corrected chi connectivity index (χ3v) is 5.30. The van der Waals surface area contributed by atoms with Gasteiger partial charge in [0.15, 0.2) is 0 Å². The molecule has 30 heavy (non-hydrogen) atoms. The molecule has 0 radical (unpaired) electrons. The number of nitrogens with one attached hydrogen (secondary N) is 1. The van der Waals surface area contributed by atoms with E-state index in [2.05, 4.69) is 21.9 Å². The molecule has 0 spiro atoms. The molecule has 7 heteroatoms. The molecule has 0 bridgehead atoms. The maximum atomic E-state index is 12.9. The van der Waals surface area contributed by atoms with Crippen LogP contribution in [0.5, 0.6) is 0 Å². The van der Waals surface area contributed by atoms with Crippen LogP contribution in [0.4, 0.5) is 11.6 Å². The largest absolute Gasteiger partial charge is 0.350 e. The number of para-hydroxylation sites is 1. The third-order valence-electron chi connectivity index (χ3n) is 5.30. The fraction of sp³-hybridized carbons (Fsp3) is 0.217. The maximum absolute atomic E-state index is 12.9. The number of hydrogen-bond donors (Lipinski definition) is 1. The van der Waals surface area contributed by atoms with E-state index < -0.39 is 0 Å². The van der Waals surface area contributed by atoms with E-state index in [1.54, 1.807) is 37.5 Å². The molecule has 1 atom stereocenters. The maximum Gasteiger partial charge on any atom is 0.253 e. The predicted molar refractivity (Wildman–Crippen MR) is 118 cm³/mol. The lowest BCUT2D eigenvalue weighted by Crippen LogP contribution is -2.32. The van der Waals surface area contributed by atoms with Gasteiger partial charge in [-0.2, -0.15) is 0 Å². The topological polar surface area (TPSA) is 78.4 Å². The minimum absolute atomic E-state index is 0.0250. The average Bonchev–Trinajstić information content (AvgIpc) is 3.26. The summed E-state index contributed by atoms with van der Waals surface area (Å²) >= 11 is 0. The molecule has 1 aliphatic rings. The van der Waals surface area contributed by atoms with Crippen molar-refractivity contribution in [1.29, 1.82) is 0 Å². The molecule has 1 saturated heterocycles. The number of carbonyl (C=O) groups is 2. The second kappa shape index (κ2) is 8.32. The minimum Gasteiger partial charge on any atom is -0.350 e. The molecule has 152 valence electrons. The number of likely N-dealkylation sites (N-methyl/N-ethyl adjacent to an activating group) is 1. The van der Waals surface area contributed by atoms with Crippen molar-refractivity contribution >= 4 is 34.4 Å². The molecule has 1 fully saturated rings. The van der Waals surface area contributed by atoms with Crippen molar-refractivity contribution in [2.75, 3.05) is 30.4 Å². The highest BCUT2D eigenvalue weighted by molar-refractivity contribution is 6.01. The minimum atomic E-state index is -0.196. The Balaban J connectivity index is 1.39. The molecule has 3 aromatic rings. The van der Waals surface area contributed by atoms with Crippen LogP contribution in [0.15, 0.2) is 67.4 Å². The van der Waals surface area contributed by atoms with Crippen molar-refractivity contribution in [3.05, 3.63) is 72.9 Å². The Hall–Kier alpha value is -3.74. The van der Waals surface area contributed by atoms with Crippen LogP contribution in [0, 0.1) is 0 Å². The van der Waals surface area contributed by atoms with Gasteiger partial charge >= 0.3 is 0 Å². The quantitative estimate of drug-likeness (QED) is 0.665. The zero-order chi connectivity index (χ0) is 21.1. The summed E-state index contributed by atoms with van der Waals surface area (Å²) in [5, 5.41) is 4.34. The smallest absolute Gasteiger partial charge is 0.253 e. The average molecular weight is 401 g/mol. The Bertz CT molecular complexity index is 1100. The van der Waals surface area contributed by atoms with E-state index >= 15 is 0 Å². The van der Waals surface area contributed by atoms with Crippen LogP contribution in [-0.2, 0) is 4.79 Å². The van der Waals surface area contributed by atoms with Gasteiger partial charge in [0.2, 0.25) is 11.9 Å². The first-order valence-electron chi connectivity index (χ1n) is 9.83. The van der Waals surface area contributed by atoms with E-state index in [1.165, 1.54) is 11.0 Å².